The first-order valence-electron chi connectivity index (χ1n) is 8.41. The Morgan fingerprint density at radius 1 is 1.05 bits per heavy atom. The lowest BCUT2D eigenvalue weighted by Crippen LogP contribution is -2.43. The number of rotatable bonds is 2. The zero-order valence-corrected chi connectivity index (χ0v) is 14.0. The van der Waals surface area contributed by atoms with Crippen molar-refractivity contribution >= 4 is 5.69 Å². The molecule has 0 spiro atoms. The first-order valence-corrected chi connectivity index (χ1v) is 8.41. The van der Waals surface area contributed by atoms with E-state index in [1.807, 2.05) is 0 Å². The van der Waals surface area contributed by atoms with Crippen molar-refractivity contribution in [1.82, 2.24) is 0 Å². The minimum Gasteiger partial charge on any atom is -0.381 e. The minimum atomic E-state index is 0.323. The van der Waals surface area contributed by atoms with Crippen molar-refractivity contribution in [2.45, 2.75) is 65.8 Å². The fraction of sp³-hybridized carbons (Fsp3) is 0.600. The van der Waals surface area contributed by atoms with E-state index < -0.39 is 0 Å². The van der Waals surface area contributed by atoms with Crippen molar-refractivity contribution in [3.8, 4) is 0 Å². The topological polar surface area (TPSA) is 12.0 Å². The normalized spacial score (nSPS) is 27.1. The van der Waals surface area contributed by atoms with Gasteiger partial charge in [0.25, 0.3) is 0 Å². The maximum atomic E-state index is 3.80. The van der Waals surface area contributed by atoms with E-state index in [0.29, 0.717) is 16.9 Å². The molecule has 114 valence electrons. The standard InChI is InChI=1S/C20H29N/c1-19(2)12-8-9-15-13-18(20(3,4)14-17(15)19)21-16-10-6-5-7-11-16/h5-7,10-11,18,21H,8-9,12-14H2,1-4H3. The molecule has 0 amide bonds. The quantitative estimate of drug-likeness (QED) is 0.677. The Bertz CT molecular complexity index is 536. The molecule has 0 bridgehead atoms. The number of hydrogen-bond donors (Lipinski definition) is 1. The zero-order chi connectivity index (χ0) is 15.1. The molecule has 0 heterocycles. The van der Waals surface area contributed by atoms with Crippen LogP contribution in [0.15, 0.2) is 41.5 Å². The van der Waals surface area contributed by atoms with Crippen molar-refractivity contribution in [3.05, 3.63) is 41.5 Å². The molecule has 0 saturated heterocycles. The van der Waals surface area contributed by atoms with E-state index in [9.17, 15) is 0 Å². The van der Waals surface area contributed by atoms with Crippen LogP contribution >= 0.6 is 0 Å². The molecule has 1 N–H and O–H groups in total. The fourth-order valence-electron chi connectivity index (χ4n) is 4.20. The highest BCUT2D eigenvalue weighted by atomic mass is 14.9. The lowest BCUT2D eigenvalue weighted by atomic mass is 9.60. The molecule has 0 saturated carbocycles. The van der Waals surface area contributed by atoms with Gasteiger partial charge in [-0.2, -0.15) is 0 Å². The van der Waals surface area contributed by atoms with Crippen LogP contribution in [0.4, 0.5) is 5.69 Å². The summed E-state index contributed by atoms with van der Waals surface area (Å²) in [4.78, 5) is 0. The molecule has 1 heteroatoms. The van der Waals surface area contributed by atoms with Crippen LogP contribution in [0.2, 0.25) is 0 Å². The van der Waals surface area contributed by atoms with Gasteiger partial charge < -0.3 is 5.32 Å². The third kappa shape index (κ3) is 2.88. The molecule has 1 nitrogen and oxygen atoms in total. The maximum absolute atomic E-state index is 3.80. The molecule has 1 atom stereocenters. The second-order valence-corrected chi connectivity index (χ2v) is 8.25. The summed E-state index contributed by atoms with van der Waals surface area (Å²) < 4.78 is 0. The van der Waals surface area contributed by atoms with E-state index in [-0.39, 0.29) is 0 Å². The van der Waals surface area contributed by atoms with Gasteiger partial charge in [0, 0.05) is 11.7 Å². The van der Waals surface area contributed by atoms with Crippen LogP contribution < -0.4 is 5.32 Å². The number of nitrogens with one attached hydrogen (secondary N) is 1. The van der Waals surface area contributed by atoms with Crippen molar-refractivity contribution in [3.63, 3.8) is 0 Å². The molecular weight excluding hydrogens is 254 g/mol. The first-order chi connectivity index (χ1) is 9.88. The van der Waals surface area contributed by atoms with Gasteiger partial charge in [0.1, 0.15) is 0 Å². The molecule has 2 aliphatic carbocycles. The predicted octanol–water partition coefficient (Wildman–Crippen LogP) is 5.79. The third-order valence-corrected chi connectivity index (χ3v) is 5.66. The Balaban J connectivity index is 1.86. The van der Waals surface area contributed by atoms with E-state index in [2.05, 4.69) is 63.3 Å². The molecule has 0 radical (unpaired) electrons. The van der Waals surface area contributed by atoms with Crippen LogP contribution in [0.1, 0.15) is 59.8 Å². The van der Waals surface area contributed by atoms with Crippen molar-refractivity contribution in [1.29, 1.82) is 0 Å². The number of benzene rings is 1. The molecule has 2 aliphatic rings. The Morgan fingerprint density at radius 3 is 2.48 bits per heavy atom. The highest BCUT2D eigenvalue weighted by Gasteiger charge is 2.41. The number of allylic oxidation sites excluding steroid dienone is 1. The smallest absolute Gasteiger partial charge is 0.0352 e. The fourth-order valence-corrected chi connectivity index (χ4v) is 4.20. The largest absolute Gasteiger partial charge is 0.381 e. The Hall–Kier alpha value is -1.24. The lowest BCUT2D eigenvalue weighted by molar-refractivity contribution is 0.225. The summed E-state index contributed by atoms with van der Waals surface area (Å²) in [5, 5.41) is 3.80. The highest BCUT2D eigenvalue weighted by Crippen LogP contribution is 2.51. The van der Waals surface area contributed by atoms with Gasteiger partial charge >= 0.3 is 0 Å². The SMILES string of the molecule is CC1(C)CCCC2=C1CC(C)(C)C(Nc1ccccc1)C2. The summed E-state index contributed by atoms with van der Waals surface area (Å²) in [5.41, 5.74) is 5.52. The molecule has 3 rings (SSSR count). The Kier molecular flexibility index (Phi) is 3.63. The van der Waals surface area contributed by atoms with Crippen LogP contribution in [0.25, 0.3) is 0 Å². The van der Waals surface area contributed by atoms with Crippen molar-refractivity contribution in [2.24, 2.45) is 10.8 Å². The zero-order valence-electron chi connectivity index (χ0n) is 14.0. The summed E-state index contributed by atoms with van der Waals surface area (Å²) in [7, 11) is 0. The summed E-state index contributed by atoms with van der Waals surface area (Å²) >= 11 is 0. The third-order valence-electron chi connectivity index (χ3n) is 5.66. The molecule has 0 aromatic heterocycles. The molecule has 21 heavy (non-hydrogen) atoms. The number of hydrogen-bond acceptors (Lipinski definition) is 1. The summed E-state index contributed by atoms with van der Waals surface area (Å²) in [6, 6.07) is 11.2. The Morgan fingerprint density at radius 2 is 1.76 bits per heavy atom. The minimum absolute atomic E-state index is 0.323. The molecule has 0 fully saturated rings. The second-order valence-electron chi connectivity index (χ2n) is 8.25. The van der Waals surface area contributed by atoms with Crippen LogP contribution in [0, 0.1) is 10.8 Å². The summed E-state index contributed by atoms with van der Waals surface area (Å²) in [6.45, 7) is 9.76. The van der Waals surface area contributed by atoms with Gasteiger partial charge in [0.05, 0.1) is 0 Å². The predicted molar refractivity (Wildman–Crippen MR) is 91.5 cm³/mol. The van der Waals surface area contributed by atoms with Gasteiger partial charge in [0.15, 0.2) is 0 Å². The van der Waals surface area contributed by atoms with Crippen molar-refractivity contribution < 1.29 is 0 Å². The molecule has 1 unspecified atom stereocenters. The van der Waals surface area contributed by atoms with E-state index in [1.165, 1.54) is 37.8 Å². The average Bonchev–Trinajstić information content (AvgIpc) is 2.42. The van der Waals surface area contributed by atoms with E-state index in [4.69, 9.17) is 0 Å². The molecule has 1 aromatic rings. The van der Waals surface area contributed by atoms with Crippen molar-refractivity contribution in [2.75, 3.05) is 5.32 Å². The average molecular weight is 283 g/mol. The maximum Gasteiger partial charge on any atom is 0.0352 e. The van der Waals surface area contributed by atoms with Crippen LogP contribution in [0.3, 0.4) is 0 Å². The van der Waals surface area contributed by atoms with Gasteiger partial charge in [-0.3, -0.25) is 0 Å². The van der Waals surface area contributed by atoms with E-state index >= 15 is 0 Å². The number of para-hydroxylation sites is 1. The Labute approximate surface area is 129 Å². The summed E-state index contributed by atoms with van der Waals surface area (Å²) in [5.74, 6) is 0. The van der Waals surface area contributed by atoms with Gasteiger partial charge in [-0.1, -0.05) is 57.0 Å². The lowest BCUT2D eigenvalue weighted by Gasteiger charge is -2.48. The number of anilines is 1. The van der Waals surface area contributed by atoms with Gasteiger partial charge in [0.2, 0.25) is 0 Å². The van der Waals surface area contributed by atoms with Crippen LogP contribution in [-0.4, -0.2) is 6.04 Å². The first kappa shape index (κ1) is 14.7. The van der Waals surface area contributed by atoms with Gasteiger partial charge in [-0.25, -0.2) is 0 Å². The monoisotopic (exact) mass is 283 g/mol. The van der Waals surface area contributed by atoms with Gasteiger partial charge in [-0.05, 0) is 55.1 Å². The van der Waals surface area contributed by atoms with Gasteiger partial charge in [-0.15, -0.1) is 0 Å². The second kappa shape index (κ2) is 5.19. The van der Waals surface area contributed by atoms with E-state index in [0.717, 1.165) is 0 Å². The molecular formula is C20H29N. The van der Waals surface area contributed by atoms with Crippen LogP contribution in [-0.2, 0) is 0 Å². The highest BCUT2D eigenvalue weighted by molar-refractivity contribution is 5.45. The summed E-state index contributed by atoms with van der Waals surface area (Å²) in [6.07, 6.45) is 6.52. The van der Waals surface area contributed by atoms with Crippen LogP contribution in [0.5, 0.6) is 0 Å². The molecule has 1 aromatic carbocycles. The van der Waals surface area contributed by atoms with E-state index in [1.54, 1.807) is 11.1 Å². The molecule has 0 aliphatic heterocycles.